The van der Waals surface area contributed by atoms with E-state index in [2.05, 4.69) is 16.9 Å². The molecule has 1 saturated heterocycles. The number of fused-ring (bicyclic) bond motifs is 1. The number of benzene rings is 1. The fourth-order valence-corrected chi connectivity index (χ4v) is 2.59. The van der Waals surface area contributed by atoms with E-state index in [4.69, 9.17) is 10.5 Å². The molecule has 17 heavy (non-hydrogen) atoms. The molecule has 0 bridgehead atoms. The minimum Gasteiger partial charge on any atom is -0.399 e. The maximum absolute atomic E-state index is 5.77. The van der Waals surface area contributed by atoms with E-state index in [1.165, 1.54) is 0 Å². The number of aromatic amines is 1. The van der Waals surface area contributed by atoms with Gasteiger partial charge in [-0.25, -0.2) is 4.98 Å². The molecule has 0 radical (unpaired) electrons. The zero-order valence-electron chi connectivity index (χ0n) is 9.94. The lowest BCUT2D eigenvalue weighted by molar-refractivity contribution is 0.0996. The second-order valence-corrected chi connectivity index (χ2v) is 4.61. The van der Waals surface area contributed by atoms with E-state index in [0.717, 1.165) is 42.0 Å². The summed E-state index contributed by atoms with van der Waals surface area (Å²) in [5.74, 6) is 1.43. The summed E-state index contributed by atoms with van der Waals surface area (Å²) in [4.78, 5) is 8.01. The first-order valence-electron chi connectivity index (χ1n) is 6.14. The summed E-state index contributed by atoms with van der Waals surface area (Å²) in [6, 6.07) is 5.78. The molecule has 0 spiro atoms. The summed E-state index contributed by atoms with van der Waals surface area (Å²) in [5.41, 5.74) is 8.53. The molecule has 4 heteroatoms. The summed E-state index contributed by atoms with van der Waals surface area (Å²) < 4.78 is 5.70. The van der Waals surface area contributed by atoms with E-state index in [1.54, 1.807) is 0 Å². The molecule has 2 unspecified atom stereocenters. The number of anilines is 1. The quantitative estimate of drug-likeness (QED) is 0.780. The van der Waals surface area contributed by atoms with Crippen LogP contribution in [0.3, 0.4) is 0 Å². The van der Waals surface area contributed by atoms with Crippen LogP contribution in [0.2, 0.25) is 0 Å². The highest BCUT2D eigenvalue weighted by Gasteiger charge is 2.30. The molecule has 2 heterocycles. The van der Waals surface area contributed by atoms with Gasteiger partial charge in [0, 0.05) is 18.2 Å². The van der Waals surface area contributed by atoms with Crippen molar-refractivity contribution in [1.82, 2.24) is 9.97 Å². The van der Waals surface area contributed by atoms with Crippen LogP contribution in [-0.2, 0) is 4.74 Å². The van der Waals surface area contributed by atoms with Crippen molar-refractivity contribution in [3.8, 4) is 0 Å². The Bertz CT molecular complexity index is 534. The van der Waals surface area contributed by atoms with Crippen LogP contribution in [0, 0.1) is 0 Å². The first kappa shape index (κ1) is 10.6. The van der Waals surface area contributed by atoms with E-state index >= 15 is 0 Å². The predicted molar refractivity (Wildman–Crippen MR) is 67.9 cm³/mol. The van der Waals surface area contributed by atoms with Crippen molar-refractivity contribution in [3.63, 3.8) is 0 Å². The van der Waals surface area contributed by atoms with Gasteiger partial charge in [-0.3, -0.25) is 0 Å². The third-order valence-corrected chi connectivity index (χ3v) is 3.49. The van der Waals surface area contributed by atoms with Crippen LogP contribution >= 0.6 is 0 Å². The highest BCUT2D eigenvalue weighted by molar-refractivity contribution is 5.78. The lowest BCUT2D eigenvalue weighted by atomic mass is 9.99. The third-order valence-electron chi connectivity index (χ3n) is 3.49. The third kappa shape index (κ3) is 1.78. The van der Waals surface area contributed by atoms with Gasteiger partial charge in [-0.15, -0.1) is 0 Å². The first-order chi connectivity index (χ1) is 8.28. The SMILES string of the molecule is CCC1OCCC1c1nc2ccc(N)cc2[nH]1. The van der Waals surface area contributed by atoms with Gasteiger partial charge in [0.25, 0.3) is 0 Å². The lowest BCUT2D eigenvalue weighted by Gasteiger charge is -2.13. The zero-order valence-corrected chi connectivity index (χ0v) is 9.94. The monoisotopic (exact) mass is 231 g/mol. The van der Waals surface area contributed by atoms with Crippen molar-refractivity contribution in [2.75, 3.05) is 12.3 Å². The molecule has 0 amide bonds. The highest BCUT2D eigenvalue weighted by atomic mass is 16.5. The van der Waals surface area contributed by atoms with Crippen LogP contribution < -0.4 is 5.73 Å². The van der Waals surface area contributed by atoms with E-state index in [-0.39, 0.29) is 0 Å². The second-order valence-electron chi connectivity index (χ2n) is 4.61. The average Bonchev–Trinajstić information content (AvgIpc) is 2.93. The van der Waals surface area contributed by atoms with Crippen molar-refractivity contribution >= 4 is 16.7 Å². The van der Waals surface area contributed by atoms with E-state index in [0.29, 0.717) is 12.0 Å². The standard InChI is InChI=1S/C13H17N3O/c1-2-12-9(5-6-17-12)13-15-10-4-3-8(14)7-11(10)16-13/h3-4,7,9,12H,2,5-6,14H2,1H3,(H,15,16). The van der Waals surface area contributed by atoms with Gasteiger partial charge in [-0.1, -0.05) is 6.92 Å². The van der Waals surface area contributed by atoms with E-state index in [9.17, 15) is 0 Å². The summed E-state index contributed by atoms with van der Waals surface area (Å²) in [7, 11) is 0. The smallest absolute Gasteiger partial charge is 0.113 e. The number of H-pyrrole nitrogens is 1. The second kappa shape index (κ2) is 4.04. The average molecular weight is 231 g/mol. The number of imidazole rings is 1. The number of nitrogens with one attached hydrogen (secondary N) is 1. The number of rotatable bonds is 2. The van der Waals surface area contributed by atoms with Crippen LogP contribution in [0.25, 0.3) is 11.0 Å². The molecule has 0 aliphatic carbocycles. The van der Waals surface area contributed by atoms with Crippen LogP contribution in [-0.4, -0.2) is 22.7 Å². The minimum absolute atomic E-state index is 0.299. The topological polar surface area (TPSA) is 63.9 Å². The Morgan fingerprint density at radius 1 is 1.53 bits per heavy atom. The fourth-order valence-electron chi connectivity index (χ4n) is 2.59. The normalized spacial score (nSPS) is 24.5. The van der Waals surface area contributed by atoms with Gasteiger partial charge < -0.3 is 15.5 Å². The number of hydrogen-bond donors (Lipinski definition) is 2. The van der Waals surface area contributed by atoms with Gasteiger partial charge in [0.05, 0.1) is 17.1 Å². The molecule has 1 aliphatic heterocycles. The summed E-state index contributed by atoms with van der Waals surface area (Å²) in [6.45, 7) is 2.99. The summed E-state index contributed by atoms with van der Waals surface area (Å²) in [5, 5.41) is 0. The highest BCUT2D eigenvalue weighted by Crippen LogP contribution is 2.32. The van der Waals surface area contributed by atoms with Gasteiger partial charge >= 0.3 is 0 Å². The number of nitrogens with zero attached hydrogens (tertiary/aromatic N) is 1. The number of hydrogen-bond acceptors (Lipinski definition) is 3. The van der Waals surface area contributed by atoms with Crippen LogP contribution in [0.15, 0.2) is 18.2 Å². The maximum atomic E-state index is 5.77. The van der Waals surface area contributed by atoms with Gasteiger partial charge in [0.2, 0.25) is 0 Å². The number of nitrogens with two attached hydrogens (primary N) is 1. The maximum Gasteiger partial charge on any atom is 0.113 e. The Hall–Kier alpha value is -1.55. The van der Waals surface area contributed by atoms with E-state index in [1.807, 2.05) is 18.2 Å². The lowest BCUT2D eigenvalue weighted by Crippen LogP contribution is -2.14. The Labute approximate surface area is 100 Å². The van der Waals surface area contributed by atoms with Crippen molar-refractivity contribution in [2.24, 2.45) is 0 Å². The van der Waals surface area contributed by atoms with Crippen molar-refractivity contribution in [1.29, 1.82) is 0 Å². The Kier molecular flexibility index (Phi) is 2.52. The fraction of sp³-hybridized carbons (Fsp3) is 0.462. The minimum atomic E-state index is 0.299. The van der Waals surface area contributed by atoms with Gasteiger partial charge in [-0.2, -0.15) is 0 Å². The molecule has 2 aromatic rings. The van der Waals surface area contributed by atoms with Crippen LogP contribution in [0.1, 0.15) is 31.5 Å². The molecule has 90 valence electrons. The Morgan fingerprint density at radius 3 is 3.24 bits per heavy atom. The van der Waals surface area contributed by atoms with Crippen molar-refractivity contribution in [3.05, 3.63) is 24.0 Å². The molecule has 1 aromatic heterocycles. The summed E-state index contributed by atoms with van der Waals surface area (Å²) >= 11 is 0. The van der Waals surface area contributed by atoms with Gasteiger partial charge in [0.15, 0.2) is 0 Å². The molecular formula is C13H17N3O. The van der Waals surface area contributed by atoms with Gasteiger partial charge in [0.1, 0.15) is 5.82 Å². The van der Waals surface area contributed by atoms with Crippen LogP contribution in [0.4, 0.5) is 5.69 Å². The molecule has 1 fully saturated rings. The number of ether oxygens (including phenoxy) is 1. The van der Waals surface area contributed by atoms with E-state index < -0.39 is 0 Å². The van der Waals surface area contributed by atoms with Crippen molar-refractivity contribution < 1.29 is 4.74 Å². The van der Waals surface area contributed by atoms with Crippen LogP contribution in [0.5, 0.6) is 0 Å². The molecule has 2 atom stereocenters. The number of aromatic nitrogens is 2. The molecule has 3 N–H and O–H groups in total. The Balaban J connectivity index is 2.00. The molecular weight excluding hydrogens is 214 g/mol. The molecule has 3 rings (SSSR count). The largest absolute Gasteiger partial charge is 0.399 e. The van der Waals surface area contributed by atoms with Crippen molar-refractivity contribution in [2.45, 2.75) is 31.8 Å². The first-order valence-corrected chi connectivity index (χ1v) is 6.14. The molecule has 1 aromatic carbocycles. The van der Waals surface area contributed by atoms with Gasteiger partial charge in [-0.05, 0) is 31.0 Å². The number of nitrogen functional groups attached to an aromatic ring is 1. The summed E-state index contributed by atoms with van der Waals surface area (Å²) in [6.07, 6.45) is 2.38. The Morgan fingerprint density at radius 2 is 2.41 bits per heavy atom. The predicted octanol–water partition coefficient (Wildman–Crippen LogP) is 2.43. The molecule has 0 saturated carbocycles. The molecule has 4 nitrogen and oxygen atoms in total. The molecule has 1 aliphatic rings. The zero-order chi connectivity index (χ0) is 11.8.